The number of hydrogen-bond acceptors (Lipinski definition) is 5. The minimum absolute atomic E-state index is 0.267. The number of anilines is 2. The largest absolute Gasteiger partial charge is 0.497 e. The summed E-state index contributed by atoms with van der Waals surface area (Å²) in [6, 6.07) is 30.1. The number of rotatable bonds is 4. The molecule has 4 aromatic carbocycles. The first-order chi connectivity index (χ1) is 16.7. The topological polar surface area (TPSA) is 59.1 Å². The second-order valence-electron chi connectivity index (χ2n) is 8.48. The number of methoxy groups -OCH3 is 1. The van der Waals surface area contributed by atoms with E-state index in [0.717, 1.165) is 22.0 Å². The van der Waals surface area contributed by atoms with Gasteiger partial charge in [0.25, 0.3) is 5.91 Å². The Balaban J connectivity index is 1.44. The molecule has 3 atom stereocenters. The van der Waals surface area contributed by atoms with Gasteiger partial charge in [-0.15, -0.1) is 0 Å². The molecule has 6 rings (SSSR count). The van der Waals surface area contributed by atoms with Gasteiger partial charge in [-0.3, -0.25) is 14.4 Å². The number of hydroxylamine groups is 1. The van der Waals surface area contributed by atoms with E-state index in [4.69, 9.17) is 9.57 Å². The summed E-state index contributed by atoms with van der Waals surface area (Å²) in [5.41, 5.74) is 2.18. The highest BCUT2D eigenvalue weighted by molar-refractivity contribution is 6.24. The van der Waals surface area contributed by atoms with Crippen LogP contribution in [-0.2, 0) is 14.4 Å². The van der Waals surface area contributed by atoms with Gasteiger partial charge in [0, 0.05) is 0 Å². The van der Waals surface area contributed by atoms with E-state index in [2.05, 4.69) is 0 Å². The highest BCUT2D eigenvalue weighted by Gasteiger charge is 2.60. The zero-order valence-electron chi connectivity index (χ0n) is 18.5. The lowest BCUT2D eigenvalue weighted by Gasteiger charge is -2.29. The number of amides is 2. The van der Waals surface area contributed by atoms with Crippen molar-refractivity contribution in [2.24, 2.45) is 5.92 Å². The van der Waals surface area contributed by atoms with Gasteiger partial charge >= 0.3 is 0 Å². The molecule has 2 heterocycles. The zero-order valence-corrected chi connectivity index (χ0v) is 18.5. The number of carbonyl (C=O) groups is 2. The van der Waals surface area contributed by atoms with Crippen molar-refractivity contribution < 1.29 is 19.2 Å². The van der Waals surface area contributed by atoms with Crippen molar-refractivity contribution in [3.8, 4) is 5.75 Å². The lowest BCUT2D eigenvalue weighted by Crippen LogP contribution is -2.37. The number of nitrogens with zero attached hydrogens (tertiary/aromatic N) is 2. The molecule has 0 unspecified atom stereocenters. The minimum Gasteiger partial charge on any atom is -0.497 e. The van der Waals surface area contributed by atoms with E-state index in [1.165, 1.54) is 4.90 Å². The molecule has 6 heteroatoms. The molecule has 0 aromatic heterocycles. The van der Waals surface area contributed by atoms with Gasteiger partial charge in [0.1, 0.15) is 11.7 Å². The summed E-state index contributed by atoms with van der Waals surface area (Å²) in [6.45, 7) is 0. The molecule has 4 aromatic rings. The van der Waals surface area contributed by atoms with Crippen molar-refractivity contribution >= 4 is 34.0 Å². The number of ether oxygens (including phenoxy) is 1. The van der Waals surface area contributed by atoms with Gasteiger partial charge in [-0.2, -0.15) is 0 Å². The maximum atomic E-state index is 13.8. The quantitative estimate of drug-likeness (QED) is 0.414. The molecule has 2 amide bonds. The maximum Gasteiger partial charge on any atom is 0.266 e. The van der Waals surface area contributed by atoms with Crippen LogP contribution in [0, 0.1) is 5.92 Å². The number of fused-ring (bicyclic) bond motifs is 2. The van der Waals surface area contributed by atoms with Crippen LogP contribution in [-0.4, -0.2) is 25.0 Å². The van der Waals surface area contributed by atoms with E-state index >= 15 is 0 Å². The first-order valence-electron chi connectivity index (χ1n) is 11.2. The molecule has 34 heavy (non-hydrogen) atoms. The molecule has 168 valence electrons. The molecule has 0 saturated carbocycles. The van der Waals surface area contributed by atoms with Crippen LogP contribution < -0.4 is 14.7 Å². The van der Waals surface area contributed by atoms with Crippen LogP contribution in [0.15, 0.2) is 97.1 Å². The van der Waals surface area contributed by atoms with Gasteiger partial charge in [0.15, 0.2) is 6.10 Å². The molecular weight excluding hydrogens is 428 g/mol. The lowest BCUT2D eigenvalue weighted by atomic mass is 9.90. The summed E-state index contributed by atoms with van der Waals surface area (Å²) in [5.74, 6) is -0.628. The fraction of sp³-hybridized carbons (Fsp3) is 0.143. The summed E-state index contributed by atoms with van der Waals surface area (Å²) in [5, 5.41) is 3.71. The Morgan fingerprint density at radius 1 is 0.735 bits per heavy atom. The monoisotopic (exact) mass is 450 g/mol. The van der Waals surface area contributed by atoms with Crippen molar-refractivity contribution in [2.45, 2.75) is 12.1 Å². The fourth-order valence-corrected chi connectivity index (χ4v) is 4.95. The van der Waals surface area contributed by atoms with E-state index in [1.807, 2.05) is 97.1 Å². The number of hydrogen-bond donors (Lipinski definition) is 0. The Kier molecular flexibility index (Phi) is 4.81. The van der Waals surface area contributed by atoms with Crippen molar-refractivity contribution in [3.05, 3.63) is 103 Å². The summed E-state index contributed by atoms with van der Waals surface area (Å²) in [7, 11) is 1.60. The molecule has 6 nitrogen and oxygen atoms in total. The number of para-hydroxylation sites is 1. The second-order valence-corrected chi connectivity index (χ2v) is 8.48. The average molecular weight is 450 g/mol. The highest BCUT2D eigenvalue weighted by atomic mass is 16.7. The molecule has 2 saturated heterocycles. The van der Waals surface area contributed by atoms with E-state index in [1.54, 1.807) is 12.2 Å². The van der Waals surface area contributed by atoms with Crippen LogP contribution in [0.5, 0.6) is 5.75 Å². The highest BCUT2D eigenvalue weighted by Crippen LogP contribution is 2.48. The van der Waals surface area contributed by atoms with Gasteiger partial charge < -0.3 is 4.74 Å². The third-order valence-electron chi connectivity index (χ3n) is 6.55. The van der Waals surface area contributed by atoms with Crippen LogP contribution in [0.25, 0.3) is 10.8 Å². The van der Waals surface area contributed by atoms with E-state index in [9.17, 15) is 9.59 Å². The van der Waals surface area contributed by atoms with Crippen LogP contribution in [0.4, 0.5) is 11.4 Å². The molecule has 2 aliphatic heterocycles. The molecule has 0 radical (unpaired) electrons. The molecule has 2 fully saturated rings. The Hall–Kier alpha value is -4.16. The number of carbonyl (C=O) groups excluding carboxylic acids is 2. The lowest BCUT2D eigenvalue weighted by molar-refractivity contribution is -0.126. The third kappa shape index (κ3) is 3.15. The van der Waals surface area contributed by atoms with Crippen LogP contribution >= 0.6 is 0 Å². The minimum atomic E-state index is -0.907. The molecule has 0 bridgehead atoms. The summed E-state index contributed by atoms with van der Waals surface area (Å²) >= 11 is 0. The SMILES string of the molecule is COc1cccc([C@H]2[C@@H]3C(=O)N(c4ccc5ccccc5c4)C(=O)[C@H]3ON2c2ccccc2)c1. The van der Waals surface area contributed by atoms with Crippen LogP contribution in [0.2, 0.25) is 0 Å². The predicted molar refractivity (Wildman–Crippen MR) is 129 cm³/mol. The van der Waals surface area contributed by atoms with Gasteiger partial charge in [-0.25, -0.2) is 9.96 Å². The fourth-order valence-electron chi connectivity index (χ4n) is 4.95. The van der Waals surface area contributed by atoms with Crippen LogP contribution in [0.3, 0.4) is 0 Å². The molecule has 0 aliphatic carbocycles. The molecule has 0 spiro atoms. The van der Waals surface area contributed by atoms with Crippen LogP contribution in [0.1, 0.15) is 11.6 Å². The number of benzene rings is 4. The predicted octanol–water partition coefficient (Wildman–Crippen LogP) is 4.90. The Morgan fingerprint density at radius 3 is 2.29 bits per heavy atom. The van der Waals surface area contributed by atoms with Crippen molar-refractivity contribution in [3.63, 3.8) is 0 Å². The van der Waals surface area contributed by atoms with E-state index in [0.29, 0.717) is 11.4 Å². The smallest absolute Gasteiger partial charge is 0.266 e. The van der Waals surface area contributed by atoms with Crippen molar-refractivity contribution in [1.29, 1.82) is 0 Å². The summed E-state index contributed by atoms with van der Waals surface area (Å²) in [6.07, 6.45) is -0.907. The summed E-state index contributed by atoms with van der Waals surface area (Å²) in [4.78, 5) is 34.8. The number of imide groups is 1. The van der Waals surface area contributed by atoms with Crippen molar-refractivity contribution in [2.75, 3.05) is 17.1 Å². The van der Waals surface area contributed by atoms with Gasteiger partial charge in [0.05, 0.1) is 24.5 Å². The third-order valence-corrected chi connectivity index (χ3v) is 6.55. The second kappa shape index (κ2) is 8.01. The Labute approximate surface area is 196 Å². The Bertz CT molecular complexity index is 1400. The average Bonchev–Trinajstić information content (AvgIpc) is 3.40. The van der Waals surface area contributed by atoms with Crippen molar-refractivity contribution in [1.82, 2.24) is 0 Å². The molecule has 0 N–H and O–H groups in total. The molecular formula is C28H22N2O4. The van der Waals surface area contributed by atoms with Gasteiger partial charge in [-0.1, -0.05) is 60.7 Å². The standard InChI is InChI=1S/C28H22N2O4/c1-33-23-13-7-10-20(17-23)25-24-26(34-30(25)21-11-3-2-4-12-21)28(32)29(27(24)31)22-15-14-18-8-5-6-9-19(18)16-22/h2-17,24-26H,1H3/t24-,25-,26-/m0/s1. The normalized spacial score (nSPS) is 21.9. The van der Waals surface area contributed by atoms with E-state index in [-0.39, 0.29) is 11.8 Å². The van der Waals surface area contributed by atoms with Gasteiger partial charge in [0.2, 0.25) is 5.91 Å². The Morgan fingerprint density at radius 2 is 1.50 bits per heavy atom. The van der Waals surface area contributed by atoms with Gasteiger partial charge in [-0.05, 0) is 52.7 Å². The zero-order chi connectivity index (χ0) is 23.2. The summed E-state index contributed by atoms with van der Waals surface area (Å²) < 4.78 is 5.42. The first kappa shape index (κ1) is 20.4. The van der Waals surface area contributed by atoms with E-state index < -0.39 is 18.1 Å². The first-order valence-corrected chi connectivity index (χ1v) is 11.2. The maximum absolute atomic E-state index is 13.8. The molecule has 2 aliphatic rings.